The Kier molecular flexibility index (Phi) is 4.77. The fraction of sp³-hybridized carbons (Fsp3) is 0.571. The van der Waals surface area contributed by atoms with Crippen molar-refractivity contribution in [1.29, 1.82) is 0 Å². The van der Waals surface area contributed by atoms with E-state index in [4.69, 9.17) is 0 Å². The van der Waals surface area contributed by atoms with Crippen LogP contribution >= 0.6 is 23.1 Å². The first-order chi connectivity index (χ1) is 10.7. The molecular weight excluding hydrogens is 318 g/mol. The molecule has 0 spiro atoms. The molecule has 8 heteroatoms. The number of amides is 1. The summed E-state index contributed by atoms with van der Waals surface area (Å²) in [5.74, 6) is 0.382. The number of carbonyl (C=O) groups excluding carboxylic acids is 1. The summed E-state index contributed by atoms with van der Waals surface area (Å²) in [4.78, 5) is 18.7. The quantitative estimate of drug-likeness (QED) is 0.864. The summed E-state index contributed by atoms with van der Waals surface area (Å²) in [6.07, 6.45) is 2.44. The molecular formula is C14H19N5OS2. The van der Waals surface area contributed by atoms with Crippen molar-refractivity contribution < 1.29 is 4.79 Å². The van der Waals surface area contributed by atoms with E-state index in [1.54, 1.807) is 11.8 Å². The minimum atomic E-state index is -0.0488. The monoisotopic (exact) mass is 337 g/mol. The highest BCUT2D eigenvalue weighted by Gasteiger charge is 2.27. The van der Waals surface area contributed by atoms with Crippen LogP contribution < -0.4 is 5.32 Å². The van der Waals surface area contributed by atoms with Crippen LogP contribution in [0.3, 0.4) is 0 Å². The van der Waals surface area contributed by atoms with Crippen LogP contribution in [-0.4, -0.2) is 39.3 Å². The molecule has 118 valence electrons. The van der Waals surface area contributed by atoms with Crippen LogP contribution in [-0.2, 0) is 4.79 Å². The van der Waals surface area contributed by atoms with E-state index in [2.05, 4.69) is 39.3 Å². The highest BCUT2D eigenvalue weighted by molar-refractivity contribution is 8.16. The van der Waals surface area contributed by atoms with E-state index >= 15 is 0 Å². The van der Waals surface area contributed by atoms with Gasteiger partial charge >= 0.3 is 0 Å². The Balaban J connectivity index is 1.57. The molecule has 0 aliphatic carbocycles. The molecule has 0 fully saturated rings. The number of thioether (sulfide) groups is 1. The third-order valence-electron chi connectivity index (χ3n) is 3.81. The van der Waals surface area contributed by atoms with Crippen molar-refractivity contribution in [2.45, 2.75) is 39.0 Å². The van der Waals surface area contributed by atoms with Crippen molar-refractivity contribution in [2.24, 2.45) is 4.99 Å². The number of hydrogen-bond acceptors (Lipinski definition) is 7. The van der Waals surface area contributed by atoms with Gasteiger partial charge in [0.05, 0.1) is 13.0 Å². The van der Waals surface area contributed by atoms with Crippen LogP contribution in [0.2, 0.25) is 0 Å². The van der Waals surface area contributed by atoms with Crippen LogP contribution in [0.4, 0.5) is 5.13 Å². The van der Waals surface area contributed by atoms with Gasteiger partial charge in [-0.25, -0.2) is 0 Å². The number of rotatable bonds is 6. The fourth-order valence-electron chi connectivity index (χ4n) is 2.53. The smallest absolute Gasteiger partial charge is 0.232 e. The van der Waals surface area contributed by atoms with Crippen LogP contribution in [0, 0.1) is 0 Å². The van der Waals surface area contributed by atoms with Crippen molar-refractivity contribution in [1.82, 2.24) is 15.1 Å². The lowest BCUT2D eigenvalue weighted by Gasteiger charge is -2.15. The zero-order valence-corrected chi connectivity index (χ0v) is 14.3. The topological polar surface area (TPSA) is 70.5 Å². The molecule has 1 N–H and O–H groups in total. The number of fused-ring (bicyclic) bond motifs is 1. The SMILES string of the molecule is CCC(CC)c1nnc(NC(=O)CC2=CSC3=NCCN23)s1. The van der Waals surface area contributed by atoms with E-state index in [-0.39, 0.29) is 5.91 Å². The molecule has 0 saturated heterocycles. The third-order valence-corrected chi connectivity index (χ3v) is 5.76. The number of aliphatic imine (C=N–C) groups is 1. The van der Waals surface area contributed by atoms with Crippen molar-refractivity contribution in [3.8, 4) is 0 Å². The molecule has 0 bridgehead atoms. The van der Waals surface area contributed by atoms with Crippen LogP contribution in [0.1, 0.15) is 44.0 Å². The summed E-state index contributed by atoms with van der Waals surface area (Å²) in [5, 5.41) is 15.8. The molecule has 6 nitrogen and oxygen atoms in total. The molecule has 0 atom stereocenters. The van der Waals surface area contributed by atoms with Gasteiger partial charge in [0, 0.05) is 18.2 Å². The number of nitrogens with one attached hydrogen (secondary N) is 1. The lowest BCUT2D eigenvalue weighted by Crippen LogP contribution is -2.24. The summed E-state index contributed by atoms with van der Waals surface area (Å²) in [6.45, 7) is 5.98. The van der Waals surface area contributed by atoms with Gasteiger partial charge in [0.15, 0.2) is 5.17 Å². The van der Waals surface area contributed by atoms with E-state index < -0.39 is 0 Å². The largest absolute Gasteiger partial charge is 0.322 e. The first-order valence-corrected chi connectivity index (χ1v) is 9.21. The molecule has 3 heterocycles. The Hall–Kier alpha value is -1.41. The average molecular weight is 337 g/mol. The molecule has 1 aromatic heterocycles. The molecule has 0 saturated carbocycles. The van der Waals surface area contributed by atoms with Gasteiger partial charge in [-0.15, -0.1) is 10.2 Å². The number of aromatic nitrogens is 2. The number of carbonyl (C=O) groups is 1. The summed E-state index contributed by atoms with van der Waals surface area (Å²) in [7, 11) is 0. The first-order valence-electron chi connectivity index (χ1n) is 7.52. The van der Waals surface area contributed by atoms with Crippen LogP contribution in [0.5, 0.6) is 0 Å². The maximum Gasteiger partial charge on any atom is 0.232 e. The van der Waals surface area contributed by atoms with Crippen molar-refractivity contribution in [2.75, 3.05) is 18.4 Å². The molecule has 0 aromatic carbocycles. The lowest BCUT2D eigenvalue weighted by molar-refractivity contribution is -0.115. The lowest BCUT2D eigenvalue weighted by atomic mass is 10.1. The van der Waals surface area contributed by atoms with Crippen molar-refractivity contribution >= 4 is 39.3 Å². The average Bonchev–Trinajstić information content (AvgIpc) is 3.19. The molecule has 0 unspecified atom stereocenters. The maximum atomic E-state index is 12.2. The number of hydrogen-bond donors (Lipinski definition) is 1. The van der Waals surface area contributed by atoms with E-state index in [0.29, 0.717) is 17.5 Å². The van der Waals surface area contributed by atoms with Crippen LogP contribution in [0.15, 0.2) is 16.1 Å². The molecule has 1 amide bonds. The molecule has 2 aliphatic rings. The van der Waals surface area contributed by atoms with Gasteiger partial charge in [0.1, 0.15) is 5.01 Å². The van der Waals surface area contributed by atoms with Crippen molar-refractivity contribution in [3.05, 3.63) is 16.1 Å². The number of anilines is 1. The molecule has 22 heavy (non-hydrogen) atoms. The van der Waals surface area contributed by atoms with E-state index in [1.165, 1.54) is 11.3 Å². The maximum absolute atomic E-state index is 12.2. The second-order valence-electron chi connectivity index (χ2n) is 5.23. The fourth-order valence-corrected chi connectivity index (χ4v) is 4.51. The minimum Gasteiger partial charge on any atom is -0.322 e. The van der Waals surface area contributed by atoms with Gasteiger partial charge in [-0.2, -0.15) is 0 Å². The Morgan fingerprint density at radius 3 is 3.00 bits per heavy atom. The minimum absolute atomic E-state index is 0.0488. The summed E-state index contributed by atoms with van der Waals surface area (Å²) in [5.41, 5.74) is 1.02. The molecule has 2 aliphatic heterocycles. The second kappa shape index (κ2) is 6.78. The zero-order valence-electron chi connectivity index (χ0n) is 12.7. The van der Waals surface area contributed by atoms with E-state index in [9.17, 15) is 4.79 Å². The van der Waals surface area contributed by atoms with Gasteiger partial charge in [-0.1, -0.05) is 36.9 Å². The summed E-state index contributed by atoms with van der Waals surface area (Å²) >= 11 is 3.07. The molecule has 3 rings (SSSR count). The van der Waals surface area contributed by atoms with E-state index in [0.717, 1.165) is 41.8 Å². The number of amidine groups is 1. The predicted octanol–water partition coefficient (Wildman–Crippen LogP) is 3.03. The van der Waals surface area contributed by atoms with Crippen molar-refractivity contribution in [3.63, 3.8) is 0 Å². The first kappa shape index (κ1) is 15.5. The van der Waals surface area contributed by atoms with Gasteiger partial charge in [0.2, 0.25) is 11.0 Å². The van der Waals surface area contributed by atoms with Gasteiger partial charge in [0.25, 0.3) is 0 Å². The van der Waals surface area contributed by atoms with Gasteiger partial charge in [-0.3, -0.25) is 9.79 Å². The standard InChI is InChI=1S/C14H19N5OS2/c1-3-9(4-2)12-17-18-13(22-12)16-11(20)7-10-8-21-14-15-5-6-19(10)14/h8-9H,3-7H2,1-2H3,(H,16,18,20). The Morgan fingerprint density at radius 2 is 2.23 bits per heavy atom. The third kappa shape index (κ3) is 3.17. The highest BCUT2D eigenvalue weighted by atomic mass is 32.2. The van der Waals surface area contributed by atoms with Crippen LogP contribution in [0.25, 0.3) is 0 Å². The summed E-state index contributed by atoms with van der Waals surface area (Å²) in [6, 6.07) is 0. The van der Waals surface area contributed by atoms with E-state index in [1.807, 2.05) is 5.41 Å². The Labute approximate surface area is 138 Å². The Morgan fingerprint density at radius 1 is 1.41 bits per heavy atom. The summed E-state index contributed by atoms with van der Waals surface area (Å²) < 4.78 is 0. The highest BCUT2D eigenvalue weighted by Crippen LogP contribution is 2.31. The molecule has 1 aromatic rings. The number of nitrogens with zero attached hydrogens (tertiary/aromatic N) is 4. The second-order valence-corrected chi connectivity index (χ2v) is 7.07. The zero-order chi connectivity index (χ0) is 15.5. The Bertz CT molecular complexity index is 621. The van der Waals surface area contributed by atoms with Gasteiger partial charge < -0.3 is 10.2 Å². The van der Waals surface area contributed by atoms with Gasteiger partial charge in [-0.05, 0) is 18.2 Å². The molecule has 0 radical (unpaired) electrons. The predicted molar refractivity (Wildman–Crippen MR) is 91.2 cm³/mol. The normalized spacial score (nSPS) is 16.8.